The van der Waals surface area contributed by atoms with Crippen molar-refractivity contribution in [1.82, 2.24) is 19.4 Å². The van der Waals surface area contributed by atoms with Crippen LogP contribution in [0.4, 0.5) is 0 Å². The van der Waals surface area contributed by atoms with Crippen LogP contribution in [0.15, 0.2) is 5.03 Å². The molecule has 7 nitrogen and oxygen atoms in total. The van der Waals surface area contributed by atoms with Gasteiger partial charge in [0.1, 0.15) is 0 Å². The first-order chi connectivity index (χ1) is 8.30. The van der Waals surface area contributed by atoms with Crippen LogP contribution in [0.5, 0.6) is 0 Å². The number of H-pyrrole nitrogens is 1. The molecule has 1 rings (SSSR count). The van der Waals surface area contributed by atoms with E-state index in [1.807, 2.05) is 19.0 Å². The van der Waals surface area contributed by atoms with Crippen molar-refractivity contribution in [3.8, 4) is 0 Å². The summed E-state index contributed by atoms with van der Waals surface area (Å²) in [5.74, 6) is 0. The lowest BCUT2D eigenvalue weighted by atomic mass is 10.3. The van der Waals surface area contributed by atoms with Crippen molar-refractivity contribution in [3.05, 3.63) is 11.3 Å². The van der Waals surface area contributed by atoms with E-state index >= 15 is 0 Å². The molecule has 0 amide bonds. The summed E-state index contributed by atoms with van der Waals surface area (Å²) in [5.41, 5.74) is 6.80. The van der Waals surface area contributed by atoms with Crippen LogP contribution in [0, 0.1) is 6.92 Å². The van der Waals surface area contributed by atoms with Crippen LogP contribution in [0.25, 0.3) is 0 Å². The lowest BCUT2D eigenvalue weighted by molar-refractivity contribution is 0.357. The van der Waals surface area contributed by atoms with Crippen molar-refractivity contribution in [3.63, 3.8) is 0 Å². The van der Waals surface area contributed by atoms with Crippen LogP contribution in [0.3, 0.4) is 0 Å². The second-order valence-electron chi connectivity index (χ2n) is 4.47. The lowest BCUT2D eigenvalue weighted by Gasteiger charge is -2.18. The van der Waals surface area contributed by atoms with E-state index in [1.54, 1.807) is 14.0 Å². The van der Waals surface area contributed by atoms with Gasteiger partial charge in [-0.2, -0.15) is 9.40 Å². The molecule has 8 heteroatoms. The summed E-state index contributed by atoms with van der Waals surface area (Å²) < 4.78 is 25.9. The van der Waals surface area contributed by atoms with Crippen molar-refractivity contribution in [2.75, 3.05) is 34.2 Å². The summed E-state index contributed by atoms with van der Waals surface area (Å²) in [5, 5.41) is 6.56. The van der Waals surface area contributed by atoms with Gasteiger partial charge in [-0.3, -0.25) is 5.10 Å². The molecule has 0 atom stereocenters. The van der Waals surface area contributed by atoms with Crippen LogP contribution in [0.1, 0.15) is 11.3 Å². The van der Waals surface area contributed by atoms with E-state index in [-0.39, 0.29) is 11.6 Å². The molecule has 1 heterocycles. The minimum Gasteiger partial charge on any atom is -0.326 e. The highest BCUT2D eigenvalue weighted by Gasteiger charge is 2.27. The standard InChI is InChI=1S/C10H21N5O2S/c1-8-9(7-11)10(13-12-8)18(16,17)15(4)6-5-14(2)3/h5-7,11H2,1-4H3,(H,12,13). The van der Waals surface area contributed by atoms with E-state index < -0.39 is 10.0 Å². The monoisotopic (exact) mass is 275 g/mol. The first-order valence-corrected chi connectivity index (χ1v) is 7.09. The third kappa shape index (κ3) is 3.08. The molecule has 0 bridgehead atoms. The quantitative estimate of drug-likeness (QED) is 0.720. The van der Waals surface area contributed by atoms with Crippen molar-refractivity contribution in [1.29, 1.82) is 0 Å². The van der Waals surface area contributed by atoms with Gasteiger partial charge in [-0.05, 0) is 21.0 Å². The van der Waals surface area contributed by atoms with E-state index in [0.29, 0.717) is 24.3 Å². The highest BCUT2D eigenvalue weighted by molar-refractivity contribution is 7.89. The van der Waals surface area contributed by atoms with Gasteiger partial charge in [0.15, 0.2) is 5.03 Å². The van der Waals surface area contributed by atoms with Crippen molar-refractivity contribution in [2.45, 2.75) is 18.5 Å². The topological polar surface area (TPSA) is 95.3 Å². The SMILES string of the molecule is Cc1[nH]nc(S(=O)(=O)N(C)CCN(C)C)c1CN. The van der Waals surface area contributed by atoms with E-state index in [1.165, 1.54) is 4.31 Å². The molecule has 0 aliphatic carbocycles. The maximum Gasteiger partial charge on any atom is 0.262 e. The van der Waals surface area contributed by atoms with Gasteiger partial charge in [0, 0.05) is 37.9 Å². The van der Waals surface area contributed by atoms with Gasteiger partial charge in [-0.1, -0.05) is 0 Å². The Morgan fingerprint density at radius 3 is 2.39 bits per heavy atom. The van der Waals surface area contributed by atoms with Gasteiger partial charge < -0.3 is 10.6 Å². The summed E-state index contributed by atoms with van der Waals surface area (Å²) in [7, 11) is 1.76. The average molecular weight is 275 g/mol. The first kappa shape index (κ1) is 15.1. The number of hydrogen-bond acceptors (Lipinski definition) is 5. The Morgan fingerprint density at radius 2 is 1.89 bits per heavy atom. The Labute approximate surface area is 108 Å². The zero-order valence-corrected chi connectivity index (χ0v) is 12.1. The molecule has 104 valence electrons. The highest BCUT2D eigenvalue weighted by Crippen LogP contribution is 2.18. The number of aryl methyl sites for hydroxylation is 1. The second kappa shape index (κ2) is 5.79. The number of nitrogens with zero attached hydrogens (tertiary/aromatic N) is 3. The Kier molecular flexibility index (Phi) is 4.85. The molecule has 1 aromatic rings. The number of hydrogen-bond donors (Lipinski definition) is 2. The molecule has 3 N–H and O–H groups in total. The fraction of sp³-hybridized carbons (Fsp3) is 0.700. The number of aromatic amines is 1. The molecule has 0 aromatic carbocycles. The molecule has 1 aromatic heterocycles. The number of sulfonamides is 1. The third-order valence-corrected chi connectivity index (χ3v) is 4.59. The summed E-state index contributed by atoms with van der Waals surface area (Å²) in [6, 6.07) is 0. The molecule has 0 unspecified atom stereocenters. The minimum absolute atomic E-state index is 0.0313. The summed E-state index contributed by atoms with van der Waals surface area (Å²) >= 11 is 0. The number of likely N-dealkylation sites (N-methyl/N-ethyl adjacent to an activating group) is 2. The predicted octanol–water partition coefficient (Wildman–Crippen LogP) is -0.641. The van der Waals surface area contributed by atoms with Gasteiger partial charge in [0.25, 0.3) is 10.0 Å². The number of rotatable bonds is 6. The van der Waals surface area contributed by atoms with Gasteiger partial charge >= 0.3 is 0 Å². The zero-order chi connectivity index (χ0) is 13.9. The molecule has 0 saturated carbocycles. The predicted molar refractivity (Wildman–Crippen MR) is 69.6 cm³/mol. The van der Waals surface area contributed by atoms with E-state index in [4.69, 9.17) is 5.73 Å². The summed E-state index contributed by atoms with van der Waals surface area (Å²) in [6.07, 6.45) is 0. The third-order valence-electron chi connectivity index (χ3n) is 2.76. The highest BCUT2D eigenvalue weighted by atomic mass is 32.2. The fourth-order valence-electron chi connectivity index (χ4n) is 1.49. The smallest absolute Gasteiger partial charge is 0.262 e. The fourth-order valence-corrected chi connectivity index (χ4v) is 2.82. The molecule has 0 fully saturated rings. The van der Waals surface area contributed by atoms with E-state index in [0.717, 1.165) is 0 Å². The number of nitrogens with one attached hydrogen (secondary N) is 1. The average Bonchev–Trinajstić information content (AvgIpc) is 2.67. The Morgan fingerprint density at radius 1 is 1.28 bits per heavy atom. The van der Waals surface area contributed by atoms with Crippen molar-refractivity contribution in [2.24, 2.45) is 5.73 Å². The molecular formula is C10H21N5O2S. The minimum atomic E-state index is -3.57. The first-order valence-electron chi connectivity index (χ1n) is 5.65. The molecule has 0 saturated heterocycles. The molecule has 0 aliphatic rings. The maximum atomic E-state index is 12.3. The molecular weight excluding hydrogens is 254 g/mol. The van der Waals surface area contributed by atoms with Gasteiger partial charge in [-0.15, -0.1) is 0 Å². The van der Waals surface area contributed by atoms with Gasteiger partial charge in [-0.25, -0.2) is 8.42 Å². The maximum absolute atomic E-state index is 12.3. The van der Waals surface area contributed by atoms with Crippen LogP contribution in [-0.4, -0.2) is 62.1 Å². The molecule has 0 aliphatic heterocycles. The molecule has 0 spiro atoms. The normalized spacial score (nSPS) is 12.6. The van der Waals surface area contributed by atoms with Crippen molar-refractivity contribution < 1.29 is 8.42 Å². The summed E-state index contributed by atoms with van der Waals surface area (Å²) in [4.78, 5) is 1.92. The molecule has 18 heavy (non-hydrogen) atoms. The van der Waals surface area contributed by atoms with Crippen LogP contribution in [0.2, 0.25) is 0 Å². The molecule has 0 radical (unpaired) electrons. The van der Waals surface area contributed by atoms with Crippen molar-refractivity contribution >= 4 is 10.0 Å². The number of nitrogens with two attached hydrogens (primary N) is 1. The van der Waals surface area contributed by atoms with Crippen LogP contribution >= 0.6 is 0 Å². The zero-order valence-electron chi connectivity index (χ0n) is 11.3. The Balaban J connectivity index is 2.98. The van der Waals surface area contributed by atoms with Gasteiger partial charge in [0.2, 0.25) is 0 Å². The van der Waals surface area contributed by atoms with Crippen LogP contribution < -0.4 is 5.73 Å². The van der Waals surface area contributed by atoms with Gasteiger partial charge in [0.05, 0.1) is 0 Å². The van der Waals surface area contributed by atoms with Crippen LogP contribution in [-0.2, 0) is 16.6 Å². The largest absolute Gasteiger partial charge is 0.326 e. The second-order valence-corrected chi connectivity index (χ2v) is 6.43. The Bertz CT molecular complexity index is 494. The Hall–Kier alpha value is -0.960. The number of aromatic nitrogens is 2. The van der Waals surface area contributed by atoms with E-state index in [9.17, 15) is 8.42 Å². The summed E-state index contributed by atoms with van der Waals surface area (Å²) in [6.45, 7) is 2.97. The lowest BCUT2D eigenvalue weighted by Crippen LogP contribution is -2.34. The van der Waals surface area contributed by atoms with E-state index in [2.05, 4.69) is 10.2 Å².